The molecule has 2 heterocycles. The van der Waals surface area contributed by atoms with Gasteiger partial charge in [-0.1, -0.05) is 0 Å². The average molecular weight is 275 g/mol. The Morgan fingerprint density at radius 3 is 3.00 bits per heavy atom. The van der Waals surface area contributed by atoms with Crippen molar-refractivity contribution < 1.29 is 13.9 Å². The van der Waals surface area contributed by atoms with Crippen LogP contribution < -0.4 is 10.5 Å². The Morgan fingerprint density at radius 2 is 2.20 bits per heavy atom. The van der Waals surface area contributed by atoms with Gasteiger partial charge in [0.15, 0.2) is 17.4 Å². The van der Waals surface area contributed by atoms with Crippen LogP contribution in [0.2, 0.25) is 0 Å². The van der Waals surface area contributed by atoms with Crippen LogP contribution >= 0.6 is 0 Å². The smallest absolute Gasteiger partial charge is 0.165 e. The largest absolute Gasteiger partial charge is 0.494 e. The van der Waals surface area contributed by atoms with Crippen molar-refractivity contribution in [3.05, 3.63) is 35.3 Å². The van der Waals surface area contributed by atoms with Gasteiger partial charge < -0.3 is 15.2 Å². The molecule has 2 N–H and O–H groups in total. The number of ether oxygens (including phenoxy) is 2. The number of fused-ring (bicyclic) bond motifs is 1. The Bertz CT molecular complexity index is 661. The zero-order valence-electron chi connectivity index (χ0n) is 11.0. The molecule has 6 heteroatoms. The van der Waals surface area contributed by atoms with Gasteiger partial charge in [-0.15, -0.1) is 0 Å². The van der Waals surface area contributed by atoms with Crippen molar-refractivity contribution in [2.75, 3.05) is 19.5 Å². The first-order chi connectivity index (χ1) is 9.69. The molecule has 0 amide bonds. The summed E-state index contributed by atoms with van der Waals surface area (Å²) in [6.45, 7) is 1.06. The highest BCUT2D eigenvalue weighted by atomic mass is 19.1. The van der Waals surface area contributed by atoms with E-state index in [1.54, 1.807) is 12.1 Å². The average Bonchev–Trinajstić information content (AvgIpc) is 2.47. The van der Waals surface area contributed by atoms with E-state index in [1.807, 2.05) is 0 Å². The SMILES string of the molecule is COc1cc(-c2nc(N)c3c(n2)CCOC3)ccc1F. The third-order valence-electron chi connectivity index (χ3n) is 3.26. The zero-order valence-corrected chi connectivity index (χ0v) is 11.0. The van der Waals surface area contributed by atoms with Crippen molar-refractivity contribution >= 4 is 5.82 Å². The fourth-order valence-electron chi connectivity index (χ4n) is 2.18. The Hall–Kier alpha value is -2.21. The number of aromatic nitrogens is 2. The minimum absolute atomic E-state index is 0.158. The van der Waals surface area contributed by atoms with Gasteiger partial charge in [0.25, 0.3) is 0 Å². The first kappa shape index (κ1) is 12.8. The second-order valence-electron chi connectivity index (χ2n) is 4.51. The van der Waals surface area contributed by atoms with Crippen molar-refractivity contribution in [3.63, 3.8) is 0 Å². The Balaban J connectivity index is 2.08. The molecule has 1 aliphatic heterocycles. The fourth-order valence-corrected chi connectivity index (χ4v) is 2.18. The lowest BCUT2D eigenvalue weighted by molar-refractivity contribution is 0.109. The van der Waals surface area contributed by atoms with E-state index in [0.717, 1.165) is 11.3 Å². The highest BCUT2D eigenvalue weighted by Gasteiger charge is 2.17. The van der Waals surface area contributed by atoms with E-state index >= 15 is 0 Å². The molecule has 1 aromatic carbocycles. The summed E-state index contributed by atoms with van der Waals surface area (Å²) in [5.41, 5.74) is 8.35. The Kier molecular flexibility index (Phi) is 3.23. The van der Waals surface area contributed by atoms with Gasteiger partial charge in [-0.25, -0.2) is 14.4 Å². The van der Waals surface area contributed by atoms with Gasteiger partial charge in [0.05, 0.1) is 26.0 Å². The van der Waals surface area contributed by atoms with E-state index in [4.69, 9.17) is 15.2 Å². The number of anilines is 1. The van der Waals surface area contributed by atoms with Gasteiger partial charge >= 0.3 is 0 Å². The summed E-state index contributed by atoms with van der Waals surface area (Å²) in [5.74, 6) is 0.621. The molecule has 5 nitrogen and oxygen atoms in total. The van der Waals surface area contributed by atoms with E-state index in [1.165, 1.54) is 13.2 Å². The molecule has 1 aromatic heterocycles. The molecular formula is C14H14FN3O2. The Morgan fingerprint density at radius 1 is 1.35 bits per heavy atom. The molecule has 0 bridgehead atoms. The third-order valence-corrected chi connectivity index (χ3v) is 3.26. The van der Waals surface area contributed by atoms with E-state index in [-0.39, 0.29) is 5.75 Å². The number of nitrogens with two attached hydrogens (primary N) is 1. The zero-order chi connectivity index (χ0) is 14.1. The molecule has 0 aliphatic carbocycles. The van der Waals surface area contributed by atoms with Crippen LogP contribution in [0.5, 0.6) is 5.75 Å². The van der Waals surface area contributed by atoms with E-state index in [9.17, 15) is 4.39 Å². The highest BCUT2D eigenvalue weighted by Crippen LogP contribution is 2.27. The van der Waals surface area contributed by atoms with Crippen molar-refractivity contribution in [2.24, 2.45) is 0 Å². The second kappa shape index (κ2) is 5.05. The van der Waals surface area contributed by atoms with Gasteiger partial charge in [-0.2, -0.15) is 0 Å². The molecule has 0 atom stereocenters. The lowest BCUT2D eigenvalue weighted by Crippen LogP contribution is -2.16. The van der Waals surface area contributed by atoms with Crippen LogP contribution in [0.15, 0.2) is 18.2 Å². The van der Waals surface area contributed by atoms with Crippen LogP contribution in [0.4, 0.5) is 10.2 Å². The maximum absolute atomic E-state index is 13.4. The summed E-state index contributed by atoms with van der Waals surface area (Å²) in [6, 6.07) is 4.50. The number of rotatable bonds is 2. The standard InChI is InChI=1S/C14H14FN3O2/c1-19-12-6-8(2-3-10(12)15)14-17-11-4-5-20-7-9(11)13(16)18-14/h2-3,6H,4-5,7H2,1H3,(H2,16,17,18). The summed E-state index contributed by atoms with van der Waals surface area (Å²) in [7, 11) is 1.42. The molecule has 104 valence electrons. The third kappa shape index (κ3) is 2.18. The quantitative estimate of drug-likeness (QED) is 0.907. The Labute approximate surface area is 115 Å². The molecule has 0 spiro atoms. The molecule has 20 heavy (non-hydrogen) atoms. The van der Waals surface area contributed by atoms with Crippen LogP contribution in [0.3, 0.4) is 0 Å². The van der Waals surface area contributed by atoms with Gasteiger partial charge in [-0.05, 0) is 18.2 Å². The van der Waals surface area contributed by atoms with Gasteiger partial charge in [0.1, 0.15) is 5.82 Å². The van der Waals surface area contributed by atoms with Gasteiger partial charge in [-0.3, -0.25) is 0 Å². The predicted octanol–water partition coefficient (Wildman–Crippen LogP) is 1.95. The number of benzene rings is 1. The highest BCUT2D eigenvalue weighted by molar-refractivity contribution is 5.61. The topological polar surface area (TPSA) is 70.3 Å². The summed E-state index contributed by atoms with van der Waals surface area (Å²) in [6.07, 6.45) is 0.702. The van der Waals surface area contributed by atoms with E-state index < -0.39 is 5.82 Å². The normalized spacial score (nSPS) is 13.9. The number of hydrogen-bond donors (Lipinski definition) is 1. The van der Waals surface area contributed by atoms with Crippen LogP contribution in [0, 0.1) is 5.82 Å². The van der Waals surface area contributed by atoms with Crippen molar-refractivity contribution in [2.45, 2.75) is 13.0 Å². The summed E-state index contributed by atoms with van der Waals surface area (Å²) in [5, 5.41) is 0. The molecule has 0 radical (unpaired) electrons. The van der Waals surface area contributed by atoms with Crippen LogP contribution in [0.25, 0.3) is 11.4 Å². The lowest BCUT2D eigenvalue weighted by atomic mass is 10.1. The van der Waals surface area contributed by atoms with Gasteiger partial charge in [0, 0.05) is 17.5 Å². The molecular weight excluding hydrogens is 261 g/mol. The molecule has 3 rings (SSSR count). The minimum atomic E-state index is -0.421. The van der Waals surface area contributed by atoms with E-state index in [2.05, 4.69) is 9.97 Å². The van der Waals surface area contributed by atoms with Crippen molar-refractivity contribution in [1.29, 1.82) is 0 Å². The number of nitrogen functional groups attached to an aromatic ring is 1. The molecule has 1 aliphatic rings. The molecule has 0 unspecified atom stereocenters. The number of nitrogens with zero attached hydrogens (tertiary/aromatic N) is 2. The lowest BCUT2D eigenvalue weighted by Gasteiger charge is -2.17. The molecule has 0 saturated heterocycles. The maximum Gasteiger partial charge on any atom is 0.165 e. The molecule has 0 saturated carbocycles. The summed E-state index contributed by atoms with van der Waals surface area (Å²) < 4.78 is 23.7. The number of hydrogen-bond acceptors (Lipinski definition) is 5. The summed E-state index contributed by atoms with van der Waals surface area (Å²) >= 11 is 0. The molecule has 2 aromatic rings. The van der Waals surface area contributed by atoms with Crippen molar-refractivity contribution in [1.82, 2.24) is 9.97 Å². The summed E-state index contributed by atoms with van der Waals surface area (Å²) in [4.78, 5) is 8.77. The van der Waals surface area contributed by atoms with Crippen molar-refractivity contribution in [3.8, 4) is 17.1 Å². The number of methoxy groups -OCH3 is 1. The van der Waals surface area contributed by atoms with E-state index in [0.29, 0.717) is 36.8 Å². The van der Waals surface area contributed by atoms with Crippen LogP contribution in [-0.2, 0) is 17.8 Å². The number of halogens is 1. The maximum atomic E-state index is 13.4. The minimum Gasteiger partial charge on any atom is -0.494 e. The first-order valence-corrected chi connectivity index (χ1v) is 6.26. The second-order valence-corrected chi connectivity index (χ2v) is 4.51. The van der Waals surface area contributed by atoms with Crippen LogP contribution in [-0.4, -0.2) is 23.7 Å². The first-order valence-electron chi connectivity index (χ1n) is 6.26. The van der Waals surface area contributed by atoms with Crippen LogP contribution in [0.1, 0.15) is 11.3 Å². The fraction of sp³-hybridized carbons (Fsp3) is 0.286. The predicted molar refractivity (Wildman–Crippen MR) is 71.8 cm³/mol. The van der Waals surface area contributed by atoms with Gasteiger partial charge in [0.2, 0.25) is 0 Å². The monoisotopic (exact) mass is 275 g/mol. The molecule has 0 fully saturated rings.